The number of thioether (sulfide) groups is 1. The van der Waals surface area contributed by atoms with E-state index >= 15 is 0 Å². The zero-order chi connectivity index (χ0) is 18.1. The first-order valence-corrected chi connectivity index (χ1v) is 9.14. The number of nitrogens with one attached hydrogen (secondary N) is 2. The largest absolute Gasteiger partial charge is 0.492 e. The van der Waals surface area contributed by atoms with Crippen LogP contribution in [-0.2, 0) is 9.59 Å². The highest BCUT2D eigenvalue weighted by Crippen LogP contribution is 2.25. The second-order valence-electron chi connectivity index (χ2n) is 5.29. The van der Waals surface area contributed by atoms with E-state index in [2.05, 4.69) is 10.6 Å². The fourth-order valence-electron chi connectivity index (χ4n) is 2.08. The maximum absolute atomic E-state index is 12.3. The molecular weight excluding hydrogens is 336 g/mol. The molecule has 0 aromatic heterocycles. The lowest BCUT2D eigenvalue weighted by Gasteiger charge is -2.14. The Hall–Kier alpha value is -2.47. The van der Waals surface area contributed by atoms with Crippen LogP contribution in [0, 0.1) is 0 Å². The lowest BCUT2D eigenvalue weighted by atomic mass is 10.3. The van der Waals surface area contributed by atoms with Gasteiger partial charge in [-0.2, -0.15) is 0 Å². The molecule has 2 N–H and O–H groups in total. The first kappa shape index (κ1) is 18.9. The minimum atomic E-state index is -0.365. The predicted octanol–water partition coefficient (Wildman–Crippen LogP) is 3.78. The van der Waals surface area contributed by atoms with Crippen molar-refractivity contribution in [1.29, 1.82) is 0 Å². The molecule has 6 heteroatoms. The van der Waals surface area contributed by atoms with Gasteiger partial charge < -0.3 is 15.4 Å². The molecule has 0 heterocycles. The van der Waals surface area contributed by atoms with Crippen molar-refractivity contribution < 1.29 is 14.3 Å². The van der Waals surface area contributed by atoms with Crippen molar-refractivity contribution >= 4 is 35.0 Å². The molecule has 0 saturated carbocycles. The van der Waals surface area contributed by atoms with Gasteiger partial charge in [0.1, 0.15) is 5.75 Å². The summed E-state index contributed by atoms with van der Waals surface area (Å²) in [5.74, 6) is 0.545. The summed E-state index contributed by atoms with van der Waals surface area (Å²) in [6.07, 6.45) is 0. The Morgan fingerprint density at radius 2 is 1.72 bits per heavy atom. The summed E-state index contributed by atoms with van der Waals surface area (Å²) in [7, 11) is 0. The number of para-hydroxylation sites is 3. The molecular formula is C19H22N2O3S. The molecule has 132 valence electrons. The molecule has 0 aliphatic heterocycles. The first-order chi connectivity index (χ1) is 12.1. The molecule has 0 bridgehead atoms. The molecule has 0 fully saturated rings. The number of carbonyl (C=O) groups excluding carboxylic acids is 2. The molecule has 0 aliphatic carbocycles. The zero-order valence-electron chi connectivity index (χ0n) is 14.3. The summed E-state index contributed by atoms with van der Waals surface area (Å²) in [5, 5.41) is 5.29. The number of ether oxygens (including phenoxy) is 1. The molecule has 2 aromatic carbocycles. The van der Waals surface area contributed by atoms with Crippen LogP contribution in [0.25, 0.3) is 0 Å². The Kier molecular flexibility index (Phi) is 7.35. The van der Waals surface area contributed by atoms with Crippen molar-refractivity contribution in [3.8, 4) is 5.75 Å². The third-order valence-corrected chi connectivity index (χ3v) is 4.48. The van der Waals surface area contributed by atoms with E-state index in [0.717, 1.165) is 5.69 Å². The van der Waals surface area contributed by atoms with Crippen LogP contribution in [0.1, 0.15) is 13.8 Å². The molecule has 5 nitrogen and oxygen atoms in total. The van der Waals surface area contributed by atoms with Gasteiger partial charge in [-0.15, -0.1) is 11.8 Å². The topological polar surface area (TPSA) is 67.4 Å². The van der Waals surface area contributed by atoms with E-state index in [0.29, 0.717) is 18.0 Å². The first-order valence-electron chi connectivity index (χ1n) is 8.09. The molecule has 0 radical (unpaired) electrons. The standard InChI is InChI=1S/C19H22N2O3S/c1-3-24-17-12-8-7-11-16(17)21-19(23)14(2)25-13-18(22)20-15-9-5-4-6-10-15/h4-12,14H,3,13H2,1-2H3,(H,20,22)(H,21,23). The Morgan fingerprint density at radius 1 is 1.04 bits per heavy atom. The average Bonchev–Trinajstić information content (AvgIpc) is 2.62. The Labute approximate surface area is 152 Å². The van der Waals surface area contributed by atoms with E-state index in [9.17, 15) is 9.59 Å². The number of benzene rings is 2. The van der Waals surface area contributed by atoms with Crippen molar-refractivity contribution in [2.75, 3.05) is 23.0 Å². The molecule has 2 rings (SSSR count). The Bertz CT molecular complexity index is 707. The number of hydrogen-bond acceptors (Lipinski definition) is 4. The zero-order valence-corrected chi connectivity index (χ0v) is 15.1. The predicted molar refractivity (Wildman–Crippen MR) is 103 cm³/mol. The number of anilines is 2. The van der Waals surface area contributed by atoms with Crippen molar-refractivity contribution in [3.05, 3.63) is 54.6 Å². The Morgan fingerprint density at radius 3 is 2.44 bits per heavy atom. The van der Waals surface area contributed by atoms with Crippen LogP contribution in [0.3, 0.4) is 0 Å². The maximum atomic E-state index is 12.3. The van der Waals surface area contributed by atoms with Gasteiger partial charge in [-0.25, -0.2) is 0 Å². The second-order valence-corrected chi connectivity index (χ2v) is 6.61. The third kappa shape index (κ3) is 6.15. The van der Waals surface area contributed by atoms with Gasteiger partial charge in [0.15, 0.2) is 0 Å². The van der Waals surface area contributed by atoms with E-state index in [1.54, 1.807) is 13.0 Å². The van der Waals surface area contributed by atoms with Gasteiger partial charge in [0, 0.05) is 5.69 Å². The molecule has 1 unspecified atom stereocenters. The molecule has 25 heavy (non-hydrogen) atoms. The minimum absolute atomic E-state index is 0.134. The highest BCUT2D eigenvalue weighted by atomic mass is 32.2. The minimum Gasteiger partial charge on any atom is -0.492 e. The average molecular weight is 358 g/mol. The molecule has 2 amide bonds. The van der Waals surface area contributed by atoms with Gasteiger partial charge in [0.25, 0.3) is 0 Å². The van der Waals surface area contributed by atoms with Gasteiger partial charge in [-0.05, 0) is 38.1 Å². The van der Waals surface area contributed by atoms with Crippen molar-refractivity contribution in [2.45, 2.75) is 19.1 Å². The summed E-state index contributed by atoms with van der Waals surface area (Å²) in [4.78, 5) is 24.3. The highest BCUT2D eigenvalue weighted by molar-refractivity contribution is 8.01. The molecule has 0 saturated heterocycles. The van der Waals surface area contributed by atoms with Gasteiger partial charge >= 0.3 is 0 Å². The third-order valence-electron chi connectivity index (χ3n) is 3.34. The van der Waals surface area contributed by atoms with Crippen LogP contribution in [-0.4, -0.2) is 29.4 Å². The second kappa shape index (κ2) is 9.74. The number of hydrogen-bond donors (Lipinski definition) is 2. The van der Waals surface area contributed by atoms with Crippen LogP contribution in [0.15, 0.2) is 54.6 Å². The van der Waals surface area contributed by atoms with E-state index in [1.807, 2.05) is 55.5 Å². The fourth-order valence-corrected chi connectivity index (χ4v) is 2.76. The van der Waals surface area contributed by atoms with E-state index in [-0.39, 0.29) is 22.8 Å². The van der Waals surface area contributed by atoms with E-state index < -0.39 is 0 Å². The maximum Gasteiger partial charge on any atom is 0.237 e. The fraction of sp³-hybridized carbons (Fsp3) is 0.263. The van der Waals surface area contributed by atoms with Gasteiger partial charge in [-0.3, -0.25) is 9.59 Å². The van der Waals surface area contributed by atoms with Crippen LogP contribution in [0.4, 0.5) is 11.4 Å². The summed E-state index contributed by atoms with van der Waals surface area (Å²) in [6.45, 7) is 4.19. The molecule has 0 aliphatic rings. The van der Waals surface area contributed by atoms with Crippen LogP contribution in [0.2, 0.25) is 0 Å². The van der Waals surface area contributed by atoms with Gasteiger partial charge in [0.2, 0.25) is 11.8 Å². The van der Waals surface area contributed by atoms with E-state index in [4.69, 9.17) is 4.74 Å². The van der Waals surface area contributed by atoms with Crippen LogP contribution < -0.4 is 15.4 Å². The quantitative estimate of drug-likeness (QED) is 0.753. The summed E-state index contributed by atoms with van der Waals surface area (Å²) < 4.78 is 5.50. The van der Waals surface area contributed by atoms with Crippen LogP contribution in [0.5, 0.6) is 5.75 Å². The summed E-state index contributed by atoms with van der Waals surface area (Å²) >= 11 is 1.29. The summed E-state index contributed by atoms with van der Waals surface area (Å²) in [6, 6.07) is 16.5. The lowest BCUT2D eigenvalue weighted by Crippen LogP contribution is -2.25. The van der Waals surface area contributed by atoms with Crippen molar-refractivity contribution in [3.63, 3.8) is 0 Å². The molecule has 2 aromatic rings. The van der Waals surface area contributed by atoms with Crippen molar-refractivity contribution in [2.24, 2.45) is 0 Å². The van der Waals surface area contributed by atoms with Gasteiger partial charge in [-0.1, -0.05) is 30.3 Å². The summed E-state index contributed by atoms with van der Waals surface area (Å²) in [5.41, 5.74) is 1.38. The highest BCUT2D eigenvalue weighted by Gasteiger charge is 2.17. The van der Waals surface area contributed by atoms with Crippen molar-refractivity contribution in [1.82, 2.24) is 0 Å². The number of rotatable bonds is 8. The van der Waals surface area contributed by atoms with Crippen LogP contribution >= 0.6 is 11.8 Å². The van der Waals surface area contributed by atoms with Gasteiger partial charge in [0.05, 0.1) is 23.3 Å². The van der Waals surface area contributed by atoms with E-state index in [1.165, 1.54) is 11.8 Å². The molecule has 1 atom stereocenters. The SMILES string of the molecule is CCOc1ccccc1NC(=O)C(C)SCC(=O)Nc1ccccc1. The number of amides is 2. The smallest absolute Gasteiger partial charge is 0.237 e. The Balaban J connectivity index is 1.83. The molecule has 0 spiro atoms. The number of carbonyl (C=O) groups is 2. The normalized spacial score (nSPS) is 11.4. The monoisotopic (exact) mass is 358 g/mol. The lowest BCUT2D eigenvalue weighted by molar-refractivity contribution is -0.115.